The summed E-state index contributed by atoms with van der Waals surface area (Å²) < 4.78 is 53.9. The van der Waals surface area contributed by atoms with E-state index in [0.29, 0.717) is 0 Å². The Morgan fingerprint density at radius 1 is 1.10 bits per heavy atom. The molecule has 0 saturated carbocycles. The van der Waals surface area contributed by atoms with Crippen molar-refractivity contribution in [2.75, 3.05) is 19.8 Å². The first-order chi connectivity index (χ1) is 9.80. The van der Waals surface area contributed by atoms with Gasteiger partial charge in [0.1, 0.15) is 5.82 Å². The van der Waals surface area contributed by atoms with Gasteiger partial charge in [-0.1, -0.05) is 0 Å². The van der Waals surface area contributed by atoms with E-state index >= 15 is 0 Å². The predicted octanol–water partition coefficient (Wildman–Crippen LogP) is 0.728. The second-order valence-corrected chi connectivity index (χ2v) is 8.09. The molecule has 120 valence electrons. The minimum absolute atomic E-state index is 0.0237. The Kier molecular flexibility index (Phi) is 6.44. The van der Waals surface area contributed by atoms with E-state index in [2.05, 4.69) is 0 Å². The third-order valence-electron chi connectivity index (χ3n) is 2.58. The molecule has 6 nitrogen and oxygen atoms in total. The Morgan fingerprint density at radius 3 is 1.95 bits per heavy atom. The molecule has 0 spiro atoms. The van der Waals surface area contributed by atoms with Gasteiger partial charge in [-0.15, -0.1) is 0 Å². The SMILES string of the molecule is CCO[Si](OCC)(OCC)c1cc(F)ccc1S(N)(=O)=O. The number of sulfonamides is 1. The van der Waals surface area contributed by atoms with Gasteiger partial charge in [0.05, 0.1) is 4.90 Å². The summed E-state index contributed by atoms with van der Waals surface area (Å²) in [4.78, 5) is -0.245. The van der Waals surface area contributed by atoms with Crippen LogP contribution in [0.4, 0.5) is 4.39 Å². The lowest BCUT2D eigenvalue weighted by Gasteiger charge is -2.29. The molecule has 1 aromatic rings. The summed E-state index contributed by atoms with van der Waals surface area (Å²) in [6, 6.07) is 3.16. The fraction of sp³-hybridized carbons (Fsp3) is 0.500. The van der Waals surface area contributed by atoms with Crippen LogP contribution in [0.2, 0.25) is 0 Å². The number of halogens is 1. The van der Waals surface area contributed by atoms with Crippen LogP contribution in [0.15, 0.2) is 23.1 Å². The fourth-order valence-corrected chi connectivity index (χ4v) is 5.90. The van der Waals surface area contributed by atoms with E-state index in [1.807, 2.05) is 0 Å². The monoisotopic (exact) mass is 337 g/mol. The van der Waals surface area contributed by atoms with Gasteiger partial charge < -0.3 is 13.3 Å². The molecule has 0 aliphatic carbocycles. The maximum absolute atomic E-state index is 13.6. The van der Waals surface area contributed by atoms with E-state index in [0.717, 1.165) is 18.2 Å². The number of hydrogen-bond donors (Lipinski definition) is 1. The maximum Gasteiger partial charge on any atom is 0.538 e. The Balaban J connectivity index is 3.58. The first-order valence-electron chi connectivity index (χ1n) is 6.55. The molecule has 21 heavy (non-hydrogen) atoms. The minimum atomic E-state index is -4.06. The van der Waals surface area contributed by atoms with Gasteiger partial charge in [0.15, 0.2) is 0 Å². The van der Waals surface area contributed by atoms with E-state index in [4.69, 9.17) is 18.4 Å². The molecular weight excluding hydrogens is 317 g/mol. The highest BCUT2D eigenvalue weighted by Gasteiger charge is 2.46. The lowest BCUT2D eigenvalue weighted by molar-refractivity contribution is 0.0852. The number of benzene rings is 1. The van der Waals surface area contributed by atoms with Crippen LogP contribution in [0.1, 0.15) is 20.8 Å². The highest BCUT2D eigenvalue weighted by atomic mass is 32.2. The van der Waals surface area contributed by atoms with E-state index in [9.17, 15) is 12.8 Å². The van der Waals surface area contributed by atoms with Crippen molar-refractivity contribution < 1.29 is 26.1 Å². The summed E-state index contributed by atoms with van der Waals surface area (Å²) >= 11 is 0. The Morgan fingerprint density at radius 2 is 1.57 bits per heavy atom. The number of primary sulfonamides is 1. The summed E-state index contributed by atoms with van der Waals surface area (Å²) in [5.41, 5.74) is 0. The molecule has 0 radical (unpaired) electrons. The minimum Gasteiger partial charge on any atom is -0.370 e. The van der Waals surface area contributed by atoms with E-state index in [1.54, 1.807) is 20.8 Å². The Hall–Kier alpha value is -0.843. The third-order valence-corrected chi connectivity index (χ3v) is 6.81. The number of hydrogen-bond acceptors (Lipinski definition) is 5. The zero-order chi connectivity index (χ0) is 16.1. The number of rotatable bonds is 8. The molecule has 0 fully saturated rings. The summed E-state index contributed by atoms with van der Waals surface area (Å²) in [6.45, 7) is 5.84. The van der Waals surface area contributed by atoms with Crippen molar-refractivity contribution >= 4 is 24.0 Å². The summed E-state index contributed by atoms with van der Waals surface area (Å²) in [5, 5.41) is 5.22. The predicted molar refractivity (Wildman–Crippen MR) is 78.0 cm³/mol. The van der Waals surface area contributed by atoms with Crippen molar-refractivity contribution in [3.05, 3.63) is 24.0 Å². The van der Waals surface area contributed by atoms with Crippen LogP contribution in [0.5, 0.6) is 0 Å². The van der Waals surface area contributed by atoms with Crippen molar-refractivity contribution in [3.63, 3.8) is 0 Å². The largest absolute Gasteiger partial charge is 0.538 e. The van der Waals surface area contributed by atoms with Gasteiger partial charge >= 0.3 is 8.80 Å². The average molecular weight is 337 g/mol. The zero-order valence-electron chi connectivity index (χ0n) is 12.3. The molecule has 0 aliphatic heterocycles. The zero-order valence-corrected chi connectivity index (χ0v) is 14.1. The topological polar surface area (TPSA) is 87.8 Å². The van der Waals surface area contributed by atoms with Crippen molar-refractivity contribution in [1.29, 1.82) is 0 Å². The van der Waals surface area contributed by atoms with Gasteiger partial charge in [0.25, 0.3) is 0 Å². The van der Waals surface area contributed by atoms with Gasteiger partial charge in [0.2, 0.25) is 10.0 Å². The Labute approximate surface area is 125 Å². The lowest BCUT2D eigenvalue weighted by atomic mass is 10.3. The highest BCUT2D eigenvalue weighted by Crippen LogP contribution is 2.17. The van der Waals surface area contributed by atoms with E-state index < -0.39 is 24.6 Å². The normalized spacial score (nSPS) is 12.6. The molecule has 0 amide bonds. The fourth-order valence-electron chi connectivity index (χ4n) is 1.92. The quantitative estimate of drug-likeness (QED) is 0.707. The smallest absolute Gasteiger partial charge is 0.370 e. The summed E-state index contributed by atoms with van der Waals surface area (Å²) in [5.74, 6) is -0.617. The number of nitrogens with two attached hydrogens (primary N) is 1. The molecule has 0 aliphatic rings. The first-order valence-corrected chi connectivity index (χ1v) is 9.82. The molecular formula is C12H20FNO5SSi. The van der Waals surface area contributed by atoms with E-state index in [1.165, 1.54) is 0 Å². The van der Waals surface area contributed by atoms with E-state index in [-0.39, 0.29) is 29.9 Å². The van der Waals surface area contributed by atoms with Crippen molar-refractivity contribution in [1.82, 2.24) is 0 Å². The molecule has 2 N–H and O–H groups in total. The van der Waals surface area contributed by atoms with Crippen LogP contribution in [-0.2, 0) is 23.3 Å². The second-order valence-electron chi connectivity index (χ2n) is 4.04. The summed E-state index contributed by atoms with van der Waals surface area (Å²) in [6.07, 6.45) is 0. The lowest BCUT2D eigenvalue weighted by Crippen LogP contribution is -2.58. The molecule has 1 rings (SSSR count). The van der Waals surface area contributed by atoms with Gasteiger partial charge in [0, 0.05) is 25.0 Å². The van der Waals surface area contributed by atoms with Gasteiger partial charge in [-0.2, -0.15) is 0 Å². The van der Waals surface area contributed by atoms with Crippen molar-refractivity contribution in [2.45, 2.75) is 25.7 Å². The molecule has 0 atom stereocenters. The summed E-state index contributed by atoms with van der Waals surface area (Å²) in [7, 11) is -7.62. The molecule has 0 heterocycles. The molecule has 0 bridgehead atoms. The van der Waals surface area contributed by atoms with Crippen molar-refractivity contribution in [3.8, 4) is 0 Å². The average Bonchev–Trinajstić information content (AvgIpc) is 2.38. The maximum atomic E-state index is 13.6. The molecule has 0 aromatic heterocycles. The van der Waals surface area contributed by atoms with Crippen LogP contribution in [0.3, 0.4) is 0 Å². The molecule has 0 unspecified atom stereocenters. The standard InChI is InChI=1S/C12H20FNO5SSi/c1-4-17-21(18-5-2,19-6-3)12-9-10(13)7-8-11(12)20(14,15)16/h7-9H,4-6H2,1-3H3,(H2,14,15,16). The third kappa shape index (κ3) is 4.31. The second kappa shape index (κ2) is 7.43. The molecule has 9 heteroatoms. The first kappa shape index (κ1) is 18.2. The van der Waals surface area contributed by atoms with Gasteiger partial charge in [-0.25, -0.2) is 17.9 Å². The van der Waals surface area contributed by atoms with Crippen LogP contribution in [0.25, 0.3) is 0 Å². The van der Waals surface area contributed by atoms with Gasteiger partial charge in [-0.3, -0.25) is 0 Å². The molecule has 1 aromatic carbocycles. The molecule has 0 saturated heterocycles. The van der Waals surface area contributed by atoms with Crippen LogP contribution in [-0.4, -0.2) is 37.0 Å². The van der Waals surface area contributed by atoms with Crippen LogP contribution >= 0.6 is 0 Å². The van der Waals surface area contributed by atoms with Crippen molar-refractivity contribution in [2.24, 2.45) is 5.14 Å². The van der Waals surface area contributed by atoms with Crippen LogP contribution < -0.4 is 10.3 Å². The van der Waals surface area contributed by atoms with Crippen LogP contribution in [0, 0.1) is 5.82 Å². The highest BCUT2D eigenvalue weighted by molar-refractivity contribution is 7.89. The van der Waals surface area contributed by atoms with Gasteiger partial charge in [-0.05, 0) is 39.0 Å². The Bertz CT molecular complexity index is 564.